The van der Waals surface area contributed by atoms with Crippen molar-refractivity contribution in [2.45, 2.75) is 51.6 Å². The maximum absolute atomic E-state index is 12.3. The molecule has 0 radical (unpaired) electrons. The van der Waals surface area contributed by atoms with Gasteiger partial charge in [0.15, 0.2) is 0 Å². The van der Waals surface area contributed by atoms with Crippen molar-refractivity contribution in [1.82, 2.24) is 10.2 Å². The topological polar surface area (TPSA) is 49.4 Å². The van der Waals surface area contributed by atoms with Gasteiger partial charge >= 0.3 is 0 Å². The highest BCUT2D eigenvalue weighted by Gasteiger charge is 2.21. The van der Waals surface area contributed by atoms with E-state index in [-0.39, 0.29) is 17.9 Å². The van der Waals surface area contributed by atoms with Gasteiger partial charge in [-0.05, 0) is 30.9 Å². The first kappa shape index (κ1) is 15.5. The number of hydrogen-bond acceptors (Lipinski definition) is 2. The summed E-state index contributed by atoms with van der Waals surface area (Å²) in [5.74, 6) is 0.164. The summed E-state index contributed by atoms with van der Waals surface area (Å²) in [5.41, 5.74) is 2.36. The zero-order valence-electron chi connectivity index (χ0n) is 12.9. The number of aryl methyl sites for hydroxylation is 1. The predicted octanol–water partition coefficient (Wildman–Crippen LogP) is 2.40. The third-order valence-corrected chi connectivity index (χ3v) is 4.09. The Morgan fingerprint density at radius 3 is 2.86 bits per heavy atom. The standard InChI is InChI=1S/C17H24N2O2/c1-13-7-3-4-8-14(13)12-19(2)17(21)11-15-9-5-6-10-16(20)18-15/h3-4,7-8,15H,5-6,9-12H2,1-2H3,(H,18,20). The number of amides is 2. The molecule has 2 rings (SSSR count). The van der Waals surface area contributed by atoms with Crippen LogP contribution in [0.15, 0.2) is 24.3 Å². The predicted molar refractivity (Wildman–Crippen MR) is 82.7 cm³/mol. The molecule has 1 heterocycles. The molecule has 0 spiro atoms. The van der Waals surface area contributed by atoms with Gasteiger partial charge in [0.05, 0.1) is 0 Å². The highest BCUT2D eigenvalue weighted by atomic mass is 16.2. The lowest BCUT2D eigenvalue weighted by atomic mass is 10.1. The number of rotatable bonds is 4. The van der Waals surface area contributed by atoms with E-state index in [2.05, 4.69) is 18.3 Å². The second-order valence-electron chi connectivity index (χ2n) is 5.89. The molecule has 1 fully saturated rings. The maximum atomic E-state index is 12.3. The molecule has 114 valence electrons. The van der Waals surface area contributed by atoms with Crippen molar-refractivity contribution in [1.29, 1.82) is 0 Å². The monoisotopic (exact) mass is 288 g/mol. The number of nitrogens with one attached hydrogen (secondary N) is 1. The van der Waals surface area contributed by atoms with Crippen molar-refractivity contribution in [3.8, 4) is 0 Å². The molecule has 0 saturated carbocycles. The molecule has 4 nitrogen and oxygen atoms in total. The molecule has 0 aliphatic carbocycles. The van der Waals surface area contributed by atoms with Crippen LogP contribution in [0.4, 0.5) is 0 Å². The molecule has 2 amide bonds. The van der Waals surface area contributed by atoms with E-state index in [9.17, 15) is 9.59 Å². The molecule has 1 aromatic carbocycles. The van der Waals surface area contributed by atoms with Crippen molar-refractivity contribution < 1.29 is 9.59 Å². The molecule has 1 saturated heterocycles. The van der Waals surface area contributed by atoms with Crippen LogP contribution in [0.2, 0.25) is 0 Å². The summed E-state index contributed by atoms with van der Waals surface area (Å²) >= 11 is 0. The summed E-state index contributed by atoms with van der Waals surface area (Å²) in [7, 11) is 1.83. The van der Waals surface area contributed by atoms with Gasteiger partial charge in [-0.3, -0.25) is 9.59 Å². The van der Waals surface area contributed by atoms with Gasteiger partial charge in [0, 0.05) is 32.5 Å². The van der Waals surface area contributed by atoms with Crippen LogP contribution >= 0.6 is 0 Å². The van der Waals surface area contributed by atoms with E-state index in [1.165, 1.54) is 11.1 Å². The van der Waals surface area contributed by atoms with Crippen molar-refractivity contribution in [3.63, 3.8) is 0 Å². The minimum absolute atomic E-state index is 0.00757. The van der Waals surface area contributed by atoms with Crippen LogP contribution < -0.4 is 5.32 Å². The molecule has 1 aromatic rings. The van der Waals surface area contributed by atoms with E-state index < -0.39 is 0 Å². The molecule has 0 bridgehead atoms. The van der Waals surface area contributed by atoms with E-state index in [0.29, 0.717) is 19.4 Å². The first-order valence-corrected chi connectivity index (χ1v) is 7.64. The third kappa shape index (κ3) is 4.59. The summed E-state index contributed by atoms with van der Waals surface area (Å²) in [6.07, 6.45) is 3.82. The molecule has 0 aromatic heterocycles. The van der Waals surface area contributed by atoms with Gasteiger partial charge in [0.2, 0.25) is 11.8 Å². The Balaban J connectivity index is 1.90. The van der Waals surface area contributed by atoms with Gasteiger partial charge < -0.3 is 10.2 Å². The van der Waals surface area contributed by atoms with E-state index >= 15 is 0 Å². The highest BCUT2D eigenvalue weighted by molar-refractivity contribution is 5.80. The van der Waals surface area contributed by atoms with E-state index in [0.717, 1.165) is 19.3 Å². The van der Waals surface area contributed by atoms with Crippen LogP contribution in [-0.4, -0.2) is 29.8 Å². The summed E-state index contributed by atoms with van der Waals surface area (Å²) < 4.78 is 0. The van der Waals surface area contributed by atoms with Crippen LogP contribution in [0, 0.1) is 6.92 Å². The molecule has 1 unspecified atom stereocenters. The minimum atomic E-state index is -0.00757. The SMILES string of the molecule is Cc1ccccc1CN(C)C(=O)CC1CCCCC(=O)N1. The Morgan fingerprint density at radius 2 is 2.10 bits per heavy atom. The van der Waals surface area contributed by atoms with Crippen molar-refractivity contribution in [2.75, 3.05) is 7.05 Å². The Hall–Kier alpha value is -1.84. The zero-order valence-corrected chi connectivity index (χ0v) is 12.9. The Bertz CT molecular complexity index is 513. The summed E-state index contributed by atoms with van der Waals surface area (Å²) in [6.45, 7) is 2.67. The van der Waals surface area contributed by atoms with Crippen molar-refractivity contribution in [3.05, 3.63) is 35.4 Å². The van der Waals surface area contributed by atoms with Crippen LogP contribution in [0.5, 0.6) is 0 Å². The minimum Gasteiger partial charge on any atom is -0.353 e. The van der Waals surface area contributed by atoms with Gasteiger partial charge in [-0.15, -0.1) is 0 Å². The summed E-state index contributed by atoms with van der Waals surface area (Å²) in [6, 6.07) is 8.09. The van der Waals surface area contributed by atoms with Crippen LogP contribution in [-0.2, 0) is 16.1 Å². The Kier molecular flexibility index (Phi) is 5.37. The molecule has 4 heteroatoms. The van der Waals surface area contributed by atoms with E-state index in [4.69, 9.17) is 0 Å². The molecule has 1 aliphatic rings. The molecular weight excluding hydrogens is 264 g/mol. The Labute approximate surface area is 126 Å². The molecule has 21 heavy (non-hydrogen) atoms. The number of benzene rings is 1. The number of nitrogens with zero attached hydrogens (tertiary/aromatic N) is 1. The lowest BCUT2D eigenvalue weighted by molar-refractivity contribution is -0.131. The number of carbonyl (C=O) groups is 2. The number of carbonyl (C=O) groups excluding carboxylic acids is 2. The fourth-order valence-electron chi connectivity index (χ4n) is 2.70. The first-order chi connectivity index (χ1) is 10.1. The smallest absolute Gasteiger partial charge is 0.224 e. The molecule has 1 atom stereocenters. The molecular formula is C17H24N2O2. The van der Waals surface area contributed by atoms with Crippen LogP contribution in [0.3, 0.4) is 0 Å². The second kappa shape index (κ2) is 7.25. The van der Waals surface area contributed by atoms with Gasteiger partial charge in [-0.2, -0.15) is 0 Å². The number of hydrogen-bond donors (Lipinski definition) is 1. The summed E-state index contributed by atoms with van der Waals surface area (Å²) in [5, 5.41) is 2.95. The quantitative estimate of drug-likeness (QED) is 0.925. The van der Waals surface area contributed by atoms with Gasteiger partial charge in [-0.25, -0.2) is 0 Å². The first-order valence-electron chi connectivity index (χ1n) is 7.64. The maximum Gasteiger partial charge on any atom is 0.224 e. The fraction of sp³-hybridized carbons (Fsp3) is 0.529. The largest absolute Gasteiger partial charge is 0.353 e. The highest BCUT2D eigenvalue weighted by Crippen LogP contribution is 2.14. The lowest BCUT2D eigenvalue weighted by Gasteiger charge is -2.22. The average Bonchev–Trinajstić information content (AvgIpc) is 2.65. The normalized spacial score (nSPS) is 18.8. The van der Waals surface area contributed by atoms with Crippen LogP contribution in [0.1, 0.15) is 43.2 Å². The van der Waals surface area contributed by atoms with Crippen molar-refractivity contribution >= 4 is 11.8 Å². The van der Waals surface area contributed by atoms with Gasteiger partial charge in [0.1, 0.15) is 0 Å². The second-order valence-corrected chi connectivity index (χ2v) is 5.89. The zero-order chi connectivity index (χ0) is 15.2. The van der Waals surface area contributed by atoms with E-state index in [1.54, 1.807) is 4.90 Å². The van der Waals surface area contributed by atoms with Crippen LogP contribution in [0.25, 0.3) is 0 Å². The lowest BCUT2D eigenvalue weighted by Crippen LogP contribution is -2.38. The molecule has 1 N–H and O–H groups in total. The van der Waals surface area contributed by atoms with Gasteiger partial charge in [0.25, 0.3) is 0 Å². The third-order valence-electron chi connectivity index (χ3n) is 4.09. The van der Waals surface area contributed by atoms with E-state index in [1.807, 2.05) is 25.2 Å². The average molecular weight is 288 g/mol. The molecule has 1 aliphatic heterocycles. The summed E-state index contributed by atoms with van der Waals surface area (Å²) in [4.78, 5) is 25.6. The van der Waals surface area contributed by atoms with Gasteiger partial charge in [-0.1, -0.05) is 30.7 Å². The fourth-order valence-corrected chi connectivity index (χ4v) is 2.70. The van der Waals surface area contributed by atoms with Crippen molar-refractivity contribution in [2.24, 2.45) is 0 Å². The Morgan fingerprint density at radius 1 is 1.33 bits per heavy atom.